The Morgan fingerprint density at radius 2 is 1.64 bits per heavy atom. The molecule has 0 radical (unpaired) electrons. The van der Waals surface area contributed by atoms with Crippen LogP contribution in [0.1, 0.15) is 131 Å². The molecule has 0 heterocycles. The summed E-state index contributed by atoms with van der Waals surface area (Å²) in [6, 6.07) is -0.0222. The van der Waals surface area contributed by atoms with Crippen LogP contribution in [0.25, 0.3) is 0 Å². The van der Waals surface area contributed by atoms with Crippen molar-refractivity contribution < 1.29 is 39.2 Å². The lowest BCUT2D eigenvalue weighted by molar-refractivity contribution is -0.192. The number of carbonyl (C=O) groups is 3. The fraction of sp³-hybridized carbons (Fsp3) is 0.816. The molecule has 9 nitrogen and oxygen atoms in total. The number of nitrogens with one attached hydrogen (secondary N) is 1. The number of fused-ring (bicyclic) bond motifs is 3. The number of carbonyl (C=O) groups excluding carboxylic acids is 3. The van der Waals surface area contributed by atoms with E-state index in [0.717, 1.165) is 44.9 Å². The number of amides is 1. The van der Waals surface area contributed by atoms with Crippen LogP contribution in [-0.2, 0) is 19.1 Å². The van der Waals surface area contributed by atoms with E-state index < -0.39 is 64.7 Å². The molecule has 5 aliphatic rings. The first-order valence-electron chi connectivity index (χ1n) is 18.5. The van der Waals surface area contributed by atoms with Crippen molar-refractivity contribution in [1.82, 2.24) is 5.32 Å². The molecule has 5 rings (SSSR count). The van der Waals surface area contributed by atoms with E-state index in [-0.39, 0.29) is 23.4 Å². The number of unbranched alkanes of at least 4 members (excludes halogenated alkanes) is 8. The van der Waals surface area contributed by atoms with Gasteiger partial charge >= 0.3 is 12.1 Å². The summed E-state index contributed by atoms with van der Waals surface area (Å²) in [7, 11) is 0. The monoisotopic (exact) mass is 657 g/mol. The summed E-state index contributed by atoms with van der Waals surface area (Å²) in [6.45, 7) is 9.21. The van der Waals surface area contributed by atoms with E-state index in [9.17, 15) is 29.7 Å². The molecule has 0 aromatic carbocycles. The first-order chi connectivity index (χ1) is 22.3. The fourth-order valence-electron chi connectivity index (χ4n) is 10.1. The van der Waals surface area contributed by atoms with Gasteiger partial charge in [-0.1, -0.05) is 104 Å². The van der Waals surface area contributed by atoms with Gasteiger partial charge in [-0.15, -0.1) is 0 Å². The van der Waals surface area contributed by atoms with Crippen LogP contribution in [0.5, 0.6) is 0 Å². The van der Waals surface area contributed by atoms with Gasteiger partial charge in [-0.2, -0.15) is 0 Å². The number of esters is 1. The zero-order chi connectivity index (χ0) is 34.2. The van der Waals surface area contributed by atoms with Crippen LogP contribution in [0.3, 0.4) is 0 Å². The SMILES string of the molecule is CCCCCCCCCCCC(=O)O[C@@]12C[C@@H](C)[C@]34C=C(C)[C@H](OC(=O)NC5CCCC5)[C@@]3(O)[C@H](O)C(CO)=C[C@H](C4=O)[C@@H]1C2(C)C. The average molecular weight is 658 g/mol. The Morgan fingerprint density at radius 3 is 2.26 bits per heavy atom. The lowest BCUT2D eigenvalue weighted by atomic mass is 9.59. The number of aliphatic hydroxyl groups is 3. The normalized spacial score (nSPS) is 37.2. The molecule has 264 valence electrons. The molecular weight excluding hydrogens is 598 g/mol. The molecule has 0 aromatic heterocycles. The number of ketones is 1. The molecular formula is C38H59NO8. The van der Waals surface area contributed by atoms with Gasteiger partial charge in [-0.25, -0.2) is 4.79 Å². The van der Waals surface area contributed by atoms with Gasteiger partial charge in [-0.3, -0.25) is 9.59 Å². The van der Waals surface area contributed by atoms with E-state index in [0.29, 0.717) is 18.4 Å². The van der Waals surface area contributed by atoms with Gasteiger partial charge in [0.2, 0.25) is 0 Å². The van der Waals surface area contributed by atoms with Crippen LogP contribution in [0.15, 0.2) is 23.3 Å². The minimum Gasteiger partial charge on any atom is -0.458 e. The third kappa shape index (κ3) is 6.01. The Balaban J connectivity index is 1.36. The molecule has 0 aromatic rings. The topological polar surface area (TPSA) is 142 Å². The van der Waals surface area contributed by atoms with Crippen molar-refractivity contribution in [3.8, 4) is 0 Å². The Bertz CT molecular complexity index is 1250. The van der Waals surface area contributed by atoms with Gasteiger partial charge in [-0.05, 0) is 49.7 Å². The van der Waals surface area contributed by atoms with Crippen molar-refractivity contribution in [1.29, 1.82) is 0 Å². The third-order valence-corrected chi connectivity index (χ3v) is 12.7. The van der Waals surface area contributed by atoms with Crippen molar-refractivity contribution in [3.05, 3.63) is 23.3 Å². The number of ether oxygens (including phenoxy) is 2. The zero-order valence-electron chi connectivity index (χ0n) is 29.3. The molecule has 2 bridgehead atoms. The minimum atomic E-state index is -2.26. The van der Waals surface area contributed by atoms with E-state index in [4.69, 9.17) is 9.47 Å². The number of aliphatic hydroxyl groups excluding tert-OH is 2. The highest BCUT2D eigenvalue weighted by molar-refractivity contribution is 5.96. The summed E-state index contributed by atoms with van der Waals surface area (Å²) >= 11 is 0. The number of Topliss-reactive ketones (excluding diaryl/α,β-unsaturated/α-hetero) is 1. The smallest absolute Gasteiger partial charge is 0.408 e. The van der Waals surface area contributed by atoms with Crippen LogP contribution >= 0.6 is 0 Å². The number of hydrogen-bond donors (Lipinski definition) is 4. The average Bonchev–Trinajstić information content (AvgIpc) is 3.32. The van der Waals surface area contributed by atoms with Crippen molar-refractivity contribution in [3.63, 3.8) is 0 Å². The first-order valence-corrected chi connectivity index (χ1v) is 18.5. The zero-order valence-corrected chi connectivity index (χ0v) is 29.3. The molecule has 3 saturated carbocycles. The molecule has 5 aliphatic carbocycles. The first kappa shape index (κ1) is 36.1. The number of alkyl carbamates (subject to hydrolysis) is 1. The second-order valence-corrected chi connectivity index (χ2v) is 15.9. The summed E-state index contributed by atoms with van der Waals surface area (Å²) < 4.78 is 12.3. The molecule has 0 saturated heterocycles. The molecule has 0 unspecified atom stereocenters. The maximum absolute atomic E-state index is 14.9. The third-order valence-electron chi connectivity index (χ3n) is 12.7. The van der Waals surface area contributed by atoms with Crippen molar-refractivity contribution in [2.75, 3.05) is 6.61 Å². The van der Waals surface area contributed by atoms with Gasteiger partial charge in [0, 0.05) is 29.7 Å². The quantitative estimate of drug-likeness (QED) is 0.100. The maximum Gasteiger partial charge on any atom is 0.408 e. The summed E-state index contributed by atoms with van der Waals surface area (Å²) in [5, 5.41) is 37.9. The molecule has 1 amide bonds. The molecule has 3 fully saturated rings. The van der Waals surface area contributed by atoms with Crippen LogP contribution < -0.4 is 5.32 Å². The molecule has 1 spiro atoms. The highest BCUT2D eigenvalue weighted by atomic mass is 16.6. The van der Waals surface area contributed by atoms with E-state index >= 15 is 0 Å². The second-order valence-electron chi connectivity index (χ2n) is 15.9. The predicted octanol–water partition coefficient (Wildman–Crippen LogP) is 6.08. The molecule has 8 atom stereocenters. The van der Waals surface area contributed by atoms with Crippen molar-refractivity contribution >= 4 is 17.8 Å². The summed E-state index contributed by atoms with van der Waals surface area (Å²) in [4.78, 5) is 41.4. The standard InChI is InChI=1S/C38H59NO8/c1-6-7-8-9-10-11-12-13-14-19-29(41)47-37-22-25(3)36-21-24(2)33(46-34(44)39-27-17-15-16-18-27)38(36,45)31(42)26(23-40)20-28(32(36)43)30(37)35(37,4)5/h20-21,25,27-28,30-31,33,40,42,45H,6-19,22-23H2,1-5H3,(H,39,44)/t25-,28+,30-,31-,33+,36+,37+,38+/m1/s1. The molecule has 0 aliphatic heterocycles. The highest BCUT2D eigenvalue weighted by Gasteiger charge is 2.83. The molecule has 4 N–H and O–H groups in total. The summed E-state index contributed by atoms with van der Waals surface area (Å²) in [6.07, 6.45) is 14.2. The molecule has 47 heavy (non-hydrogen) atoms. The minimum absolute atomic E-state index is 0.0222. The fourth-order valence-corrected chi connectivity index (χ4v) is 10.1. The van der Waals surface area contributed by atoms with Crippen LogP contribution in [0.4, 0.5) is 4.79 Å². The van der Waals surface area contributed by atoms with E-state index in [1.807, 2.05) is 20.8 Å². The second kappa shape index (κ2) is 13.9. The van der Waals surface area contributed by atoms with Gasteiger partial charge in [0.1, 0.15) is 11.7 Å². The Kier molecular flexibility index (Phi) is 10.7. The Morgan fingerprint density at radius 1 is 1.02 bits per heavy atom. The van der Waals surface area contributed by atoms with E-state index in [2.05, 4.69) is 12.2 Å². The van der Waals surface area contributed by atoms with E-state index in [1.54, 1.807) is 19.1 Å². The molecule has 9 heteroatoms. The van der Waals surface area contributed by atoms with E-state index in [1.165, 1.54) is 38.5 Å². The number of rotatable bonds is 14. The van der Waals surface area contributed by atoms with Gasteiger partial charge in [0.05, 0.1) is 12.0 Å². The van der Waals surface area contributed by atoms with Crippen LogP contribution in [-0.4, -0.2) is 69.2 Å². The Labute approximate surface area is 280 Å². The summed E-state index contributed by atoms with van der Waals surface area (Å²) in [5.74, 6) is -2.39. The highest BCUT2D eigenvalue weighted by Crippen LogP contribution is 2.75. The summed E-state index contributed by atoms with van der Waals surface area (Å²) in [5.41, 5.74) is -4.81. The van der Waals surface area contributed by atoms with Crippen LogP contribution in [0.2, 0.25) is 0 Å². The number of allylic oxidation sites excluding steroid dienone is 1. The lowest BCUT2D eigenvalue weighted by Gasteiger charge is -2.49. The van der Waals surface area contributed by atoms with Gasteiger partial charge < -0.3 is 30.1 Å². The van der Waals surface area contributed by atoms with Crippen molar-refractivity contribution in [2.45, 2.75) is 160 Å². The van der Waals surface area contributed by atoms with Crippen LogP contribution in [0, 0.1) is 28.6 Å². The predicted molar refractivity (Wildman–Crippen MR) is 178 cm³/mol. The largest absolute Gasteiger partial charge is 0.458 e. The van der Waals surface area contributed by atoms with Gasteiger partial charge in [0.25, 0.3) is 0 Å². The lowest BCUT2D eigenvalue weighted by Crippen LogP contribution is -2.66. The van der Waals surface area contributed by atoms with Gasteiger partial charge in [0.15, 0.2) is 17.5 Å². The Hall–Kier alpha value is -2.23. The van der Waals surface area contributed by atoms with Crippen molar-refractivity contribution in [2.24, 2.45) is 28.6 Å². The maximum atomic E-state index is 14.9. The number of hydrogen-bond acceptors (Lipinski definition) is 8.